The molecule has 0 aromatic heterocycles. The van der Waals surface area contributed by atoms with E-state index in [2.05, 4.69) is 55.4 Å². The lowest BCUT2D eigenvalue weighted by atomic mass is 10.0. The van der Waals surface area contributed by atoms with Gasteiger partial charge in [0.05, 0.1) is 26.4 Å². The first-order valence-corrected chi connectivity index (χ1v) is 38.7. The molecule has 0 saturated heterocycles. The molecule has 88 heavy (non-hydrogen) atoms. The van der Waals surface area contributed by atoms with Crippen molar-refractivity contribution in [2.24, 2.45) is 23.7 Å². The summed E-state index contributed by atoms with van der Waals surface area (Å²) in [6.45, 7) is 14.0. The van der Waals surface area contributed by atoms with Crippen LogP contribution in [0.1, 0.15) is 338 Å². The molecule has 2 unspecified atom stereocenters. The number of aliphatic hydroxyl groups is 1. The highest BCUT2D eigenvalue weighted by Crippen LogP contribution is 2.45. The minimum absolute atomic E-state index is 0.103. The molecule has 0 aromatic carbocycles. The first-order valence-electron chi connectivity index (χ1n) is 35.7. The molecular weight excluding hydrogens is 1160 g/mol. The van der Waals surface area contributed by atoms with E-state index in [0.29, 0.717) is 31.6 Å². The SMILES string of the molecule is CC(C)CCCCCCCCCCCCCCC(=O)O[C@H](COC(=O)CCCCCCCCCCCCC(C)C)COP(=O)(O)OC[C@@H](O)COP(=O)(O)OC[C@@H](COC(=O)CCCCCCCCC(C)C)OC(=O)CCCCCCCCCCC(C)C. The van der Waals surface area contributed by atoms with Gasteiger partial charge in [0, 0.05) is 25.7 Å². The van der Waals surface area contributed by atoms with Gasteiger partial charge in [0.15, 0.2) is 12.2 Å². The number of esters is 4. The molecule has 0 aliphatic heterocycles. The summed E-state index contributed by atoms with van der Waals surface area (Å²) < 4.78 is 68.2. The average Bonchev–Trinajstić information content (AvgIpc) is 3.52. The molecule has 0 spiro atoms. The third-order valence-electron chi connectivity index (χ3n) is 15.8. The molecule has 3 N–H and O–H groups in total. The molecule has 0 amide bonds. The monoisotopic (exact) mass is 1300 g/mol. The third-order valence-corrected chi connectivity index (χ3v) is 17.7. The van der Waals surface area contributed by atoms with E-state index in [0.717, 1.165) is 114 Å². The first-order chi connectivity index (χ1) is 42.1. The van der Waals surface area contributed by atoms with Crippen molar-refractivity contribution in [3.05, 3.63) is 0 Å². The Morgan fingerprint density at radius 2 is 0.477 bits per heavy atom. The van der Waals surface area contributed by atoms with Crippen molar-refractivity contribution >= 4 is 39.5 Å². The third kappa shape index (κ3) is 62.8. The summed E-state index contributed by atoms with van der Waals surface area (Å²) in [6.07, 6.45) is 40.5. The lowest BCUT2D eigenvalue weighted by molar-refractivity contribution is -0.161. The fourth-order valence-corrected chi connectivity index (χ4v) is 11.9. The molecule has 0 aromatic rings. The molecular formula is C69H134O17P2. The summed E-state index contributed by atoms with van der Waals surface area (Å²) in [7, 11) is -9.90. The Hall–Kier alpha value is -1.94. The summed E-state index contributed by atoms with van der Waals surface area (Å²) in [5, 5.41) is 10.6. The number of carbonyl (C=O) groups is 4. The molecule has 19 heteroatoms. The molecule has 0 rings (SSSR count). The van der Waals surface area contributed by atoms with E-state index in [4.69, 9.17) is 37.0 Å². The van der Waals surface area contributed by atoms with E-state index in [1.165, 1.54) is 135 Å². The molecule has 17 nitrogen and oxygen atoms in total. The lowest BCUT2D eigenvalue weighted by Crippen LogP contribution is -2.30. The number of rotatable bonds is 66. The van der Waals surface area contributed by atoms with Crippen LogP contribution in [0, 0.1) is 23.7 Å². The standard InChI is InChI=1S/C69H134O17P2/c1-59(2)45-37-29-21-15-11-9-10-12-18-25-35-43-51-68(73)85-64(55-79-66(71)49-41-33-24-17-14-13-16-22-30-38-46-60(3)4)57-83-87(75,76)81-53-63(70)54-82-88(77,78)84-58-65(56-80-67(72)50-42-34-28-27-32-40-48-62(7)8)86-69(74)52-44-36-26-20-19-23-31-39-47-61(5)6/h59-65,70H,9-58H2,1-8H3,(H,75,76)(H,77,78)/t63-,64-,65-/m1/s1. The van der Waals surface area contributed by atoms with Crippen molar-refractivity contribution in [3.8, 4) is 0 Å². The van der Waals surface area contributed by atoms with Crippen LogP contribution in [0.5, 0.6) is 0 Å². The van der Waals surface area contributed by atoms with Crippen molar-refractivity contribution in [2.75, 3.05) is 39.6 Å². The number of hydrogen-bond donors (Lipinski definition) is 3. The second kappa shape index (κ2) is 58.8. The van der Waals surface area contributed by atoms with Gasteiger partial charge in [0.2, 0.25) is 0 Å². The van der Waals surface area contributed by atoms with E-state index < -0.39 is 97.5 Å². The van der Waals surface area contributed by atoms with E-state index in [-0.39, 0.29) is 25.7 Å². The van der Waals surface area contributed by atoms with Crippen LogP contribution in [-0.4, -0.2) is 96.7 Å². The Morgan fingerprint density at radius 1 is 0.284 bits per heavy atom. The van der Waals surface area contributed by atoms with Crippen molar-refractivity contribution < 1.29 is 80.2 Å². The van der Waals surface area contributed by atoms with E-state index in [1.807, 2.05) is 0 Å². The van der Waals surface area contributed by atoms with Crippen LogP contribution < -0.4 is 0 Å². The van der Waals surface area contributed by atoms with Crippen molar-refractivity contribution in [3.63, 3.8) is 0 Å². The minimum atomic E-state index is -4.95. The molecule has 5 atom stereocenters. The Balaban J connectivity index is 5.25. The zero-order valence-corrected chi connectivity index (χ0v) is 59.1. The highest BCUT2D eigenvalue weighted by atomic mass is 31.2. The molecule has 0 aliphatic rings. The Labute approximate surface area is 537 Å². The number of ether oxygens (including phenoxy) is 4. The first kappa shape index (κ1) is 86.1. The summed E-state index contributed by atoms with van der Waals surface area (Å²) in [5.41, 5.74) is 0. The maximum atomic E-state index is 13.0. The maximum Gasteiger partial charge on any atom is 0.472 e. The summed E-state index contributed by atoms with van der Waals surface area (Å²) >= 11 is 0. The Morgan fingerprint density at radius 3 is 0.705 bits per heavy atom. The van der Waals surface area contributed by atoms with Crippen LogP contribution in [0.25, 0.3) is 0 Å². The zero-order valence-electron chi connectivity index (χ0n) is 57.3. The molecule has 0 bridgehead atoms. The average molecular weight is 1300 g/mol. The van der Waals surface area contributed by atoms with Crippen LogP contribution in [-0.2, 0) is 65.4 Å². The lowest BCUT2D eigenvalue weighted by Gasteiger charge is -2.21. The Bertz CT molecular complexity index is 1750. The van der Waals surface area contributed by atoms with Gasteiger partial charge in [0.1, 0.15) is 19.3 Å². The van der Waals surface area contributed by atoms with Crippen molar-refractivity contribution in [1.29, 1.82) is 0 Å². The smallest absolute Gasteiger partial charge is 0.462 e. The summed E-state index contributed by atoms with van der Waals surface area (Å²) in [6, 6.07) is 0. The number of hydrogen-bond acceptors (Lipinski definition) is 15. The van der Waals surface area contributed by atoms with Gasteiger partial charge in [0.25, 0.3) is 0 Å². The fourth-order valence-electron chi connectivity index (χ4n) is 10.3. The van der Waals surface area contributed by atoms with Crippen molar-refractivity contribution in [2.45, 2.75) is 356 Å². The molecule has 0 heterocycles. The fraction of sp³-hybridized carbons (Fsp3) is 0.942. The number of carbonyl (C=O) groups excluding carboxylic acids is 4. The molecule has 0 aliphatic carbocycles. The second-order valence-corrected chi connectivity index (χ2v) is 29.7. The van der Waals surface area contributed by atoms with Gasteiger partial charge in [-0.3, -0.25) is 37.3 Å². The minimum Gasteiger partial charge on any atom is -0.462 e. The number of unbranched alkanes of at least 4 members (excludes halogenated alkanes) is 32. The van der Waals surface area contributed by atoms with Crippen LogP contribution in [0.4, 0.5) is 0 Å². The van der Waals surface area contributed by atoms with Crippen LogP contribution in [0.2, 0.25) is 0 Å². The van der Waals surface area contributed by atoms with Crippen LogP contribution in [0.15, 0.2) is 0 Å². The number of phosphoric acid groups is 2. The maximum absolute atomic E-state index is 13.0. The van der Waals surface area contributed by atoms with Gasteiger partial charge < -0.3 is 33.8 Å². The van der Waals surface area contributed by atoms with Gasteiger partial charge in [-0.05, 0) is 49.4 Å². The van der Waals surface area contributed by atoms with Crippen LogP contribution >= 0.6 is 15.6 Å². The molecule has 0 saturated carbocycles. The highest BCUT2D eigenvalue weighted by molar-refractivity contribution is 7.47. The van der Waals surface area contributed by atoms with E-state index in [1.54, 1.807) is 0 Å². The van der Waals surface area contributed by atoms with Gasteiger partial charge in [-0.15, -0.1) is 0 Å². The molecule has 0 fully saturated rings. The van der Waals surface area contributed by atoms with E-state index in [9.17, 15) is 43.2 Å². The number of phosphoric ester groups is 2. The quantitative estimate of drug-likeness (QED) is 0.0222. The molecule has 522 valence electrons. The normalized spacial score (nSPS) is 14.3. The van der Waals surface area contributed by atoms with E-state index >= 15 is 0 Å². The second-order valence-electron chi connectivity index (χ2n) is 26.8. The van der Waals surface area contributed by atoms with Crippen LogP contribution in [0.3, 0.4) is 0 Å². The summed E-state index contributed by atoms with van der Waals surface area (Å²) in [4.78, 5) is 72.4. The van der Waals surface area contributed by atoms with Crippen molar-refractivity contribution in [1.82, 2.24) is 0 Å². The topological polar surface area (TPSA) is 237 Å². The summed E-state index contributed by atoms with van der Waals surface area (Å²) in [5.74, 6) is 0.800. The predicted octanol–water partition coefficient (Wildman–Crippen LogP) is 19.3. The van der Waals surface area contributed by atoms with Gasteiger partial charge in [-0.1, -0.05) is 287 Å². The van der Waals surface area contributed by atoms with Gasteiger partial charge in [-0.25, -0.2) is 9.13 Å². The Kier molecular flexibility index (Phi) is 57.6. The zero-order chi connectivity index (χ0) is 65.4. The largest absolute Gasteiger partial charge is 0.472 e. The predicted molar refractivity (Wildman–Crippen MR) is 354 cm³/mol. The van der Waals surface area contributed by atoms with Gasteiger partial charge in [-0.2, -0.15) is 0 Å². The van der Waals surface area contributed by atoms with Gasteiger partial charge >= 0.3 is 39.5 Å². The molecule has 0 radical (unpaired) electrons. The number of aliphatic hydroxyl groups excluding tert-OH is 1. The highest BCUT2D eigenvalue weighted by Gasteiger charge is 2.30.